The standard InChI is InChI=1S/C17H18INO2/c1-17(21,12-11-13-7-9-14(18)10-8-13)16(20)19-15-5-3-2-4-6-15/h2-10,21H,11-12H2,1H3,(H,19,20)/t17-/m0/s1/i18-4. The van der Waals surface area contributed by atoms with Gasteiger partial charge in [0.2, 0.25) is 0 Å². The van der Waals surface area contributed by atoms with Gasteiger partial charge in [-0.2, -0.15) is 0 Å². The molecule has 2 aromatic carbocycles. The lowest BCUT2D eigenvalue weighted by molar-refractivity contribution is -0.132. The average molecular weight is 391 g/mol. The van der Waals surface area contributed by atoms with Crippen LogP contribution in [0.4, 0.5) is 5.69 Å². The van der Waals surface area contributed by atoms with E-state index in [2.05, 4.69) is 27.9 Å². The van der Waals surface area contributed by atoms with Crippen LogP contribution in [0.25, 0.3) is 0 Å². The van der Waals surface area contributed by atoms with Crippen molar-refractivity contribution in [3.05, 3.63) is 63.7 Å². The summed E-state index contributed by atoms with van der Waals surface area (Å²) in [7, 11) is 0. The molecule has 1 amide bonds. The molecule has 0 saturated carbocycles. The number of halogens is 1. The van der Waals surface area contributed by atoms with Crippen molar-refractivity contribution in [3.63, 3.8) is 0 Å². The maximum atomic E-state index is 12.1. The summed E-state index contributed by atoms with van der Waals surface area (Å²) in [6.45, 7) is 1.55. The van der Waals surface area contributed by atoms with E-state index in [-0.39, 0.29) is 5.91 Å². The Labute approximate surface area is 138 Å². The van der Waals surface area contributed by atoms with E-state index < -0.39 is 5.60 Å². The van der Waals surface area contributed by atoms with Gasteiger partial charge in [-0.25, -0.2) is 0 Å². The van der Waals surface area contributed by atoms with E-state index >= 15 is 0 Å². The van der Waals surface area contributed by atoms with Crippen LogP contribution in [0, 0.1) is 3.57 Å². The molecule has 2 aromatic rings. The van der Waals surface area contributed by atoms with Crippen molar-refractivity contribution in [2.45, 2.75) is 25.4 Å². The Balaban J connectivity index is 1.94. The van der Waals surface area contributed by atoms with Crippen molar-refractivity contribution in [2.75, 3.05) is 5.32 Å². The minimum Gasteiger partial charge on any atom is -0.380 e. The van der Waals surface area contributed by atoms with Crippen LogP contribution in [0.1, 0.15) is 18.9 Å². The first-order chi connectivity index (χ1) is 9.97. The summed E-state index contributed by atoms with van der Waals surface area (Å²) in [5.41, 5.74) is 0.416. The number of amides is 1. The molecule has 1 atom stereocenters. The molecule has 0 unspecified atom stereocenters. The van der Waals surface area contributed by atoms with Crippen LogP contribution >= 0.6 is 22.6 Å². The van der Waals surface area contributed by atoms with Gasteiger partial charge in [-0.05, 0) is 72.2 Å². The van der Waals surface area contributed by atoms with Gasteiger partial charge >= 0.3 is 0 Å². The van der Waals surface area contributed by atoms with Crippen LogP contribution in [-0.2, 0) is 11.2 Å². The molecule has 0 aliphatic rings. The second-order valence-corrected chi connectivity index (χ2v) is 6.47. The number of carbonyl (C=O) groups excluding carboxylic acids is 1. The number of aryl methyl sites for hydroxylation is 1. The highest BCUT2D eigenvalue weighted by Crippen LogP contribution is 2.18. The van der Waals surface area contributed by atoms with E-state index in [9.17, 15) is 9.90 Å². The van der Waals surface area contributed by atoms with Gasteiger partial charge in [0.1, 0.15) is 5.60 Å². The third kappa shape index (κ3) is 4.82. The monoisotopic (exact) mass is 391 g/mol. The van der Waals surface area contributed by atoms with Gasteiger partial charge in [-0.15, -0.1) is 0 Å². The number of hydrogen-bond acceptors (Lipinski definition) is 2. The zero-order valence-electron chi connectivity index (χ0n) is 11.8. The van der Waals surface area contributed by atoms with Gasteiger partial charge in [0.05, 0.1) is 0 Å². The third-order valence-electron chi connectivity index (χ3n) is 3.33. The van der Waals surface area contributed by atoms with E-state index in [0.717, 1.165) is 5.56 Å². The first kappa shape index (κ1) is 16.0. The number of hydrogen-bond donors (Lipinski definition) is 2. The smallest absolute Gasteiger partial charge is 0.256 e. The highest BCUT2D eigenvalue weighted by molar-refractivity contribution is 14.1. The van der Waals surface area contributed by atoms with Crippen LogP contribution in [0.2, 0.25) is 0 Å². The summed E-state index contributed by atoms with van der Waals surface area (Å²) in [5.74, 6) is -0.376. The Morgan fingerprint density at radius 1 is 1.14 bits per heavy atom. The van der Waals surface area contributed by atoms with Gasteiger partial charge in [-0.1, -0.05) is 30.3 Å². The van der Waals surface area contributed by atoms with Gasteiger partial charge < -0.3 is 10.4 Å². The fraction of sp³-hybridized carbons (Fsp3) is 0.235. The molecule has 2 N–H and O–H groups in total. The molecule has 21 heavy (non-hydrogen) atoms. The average Bonchev–Trinajstić information content (AvgIpc) is 2.48. The Morgan fingerprint density at radius 2 is 1.76 bits per heavy atom. The molecule has 4 heteroatoms. The third-order valence-corrected chi connectivity index (χ3v) is 4.05. The summed E-state index contributed by atoms with van der Waals surface area (Å²) in [4.78, 5) is 12.1. The quantitative estimate of drug-likeness (QED) is 0.766. The van der Waals surface area contributed by atoms with E-state index in [4.69, 9.17) is 0 Å². The number of nitrogens with one attached hydrogen (secondary N) is 1. The maximum absolute atomic E-state index is 12.1. The predicted octanol–water partition coefficient (Wildman–Crippen LogP) is 3.61. The molecular formula is C17H18INO2. The highest BCUT2D eigenvalue weighted by atomic mass is 123. The molecule has 2 rings (SSSR count). The largest absolute Gasteiger partial charge is 0.380 e. The van der Waals surface area contributed by atoms with Gasteiger partial charge in [0.25, 0.3) is 5.91 Å². The fourth-order valence-corrected chi connectivity index (χ4v) is 2.30. The zero-order valence-corrected chi connectivity index (χ0v) is 14.0. The van der Waals surface area contributed by atoms with Crippen LogP contribution in [0.15, 0.2) is 54.6 Å². The maximum Gasteiger partial charge on any atom is 0.256 e. The molecule has 0 heterocycles. The van der Waals surface area contributed by atoms with E-state index in [1.165, 1.54) is 3.57 Å². The number of aliphatic hydroxyl groups is 1. The topological polar surface area (TPSA) is 49.3 Å². The van der Waals surface area contributed by atoms with Crippen LogP contribution < -0.4 is 5.32 Å². The van der Waals surface area contributed by atoms with Crippen LogP contribution in [0.3, 0.4) is 0 Å². The van der Waals surface area contributed by atoms with Crippen molar-refractivity contribution in [1.29, 1.82) is 0 Å². The Bertz CT molecular complexity index is 594. The summed E-state index contributed by atoms with van der Waals surface area (Å²) in [5, 5.41) is 13.1. The number of carbonyl (C=O) groups is 1. The van der Waals surface area contributed by atoms with Gasteiger partial charge in [-0.3, -0.25) is 4.79 Å². The molecule has 0 bridgehead atoms. The molecule has 0 fully saturated rings. The summed E-state index contributed by atoms with van der Waals surface area (Å²) in [6.07, 6.45) is 1.04. The molecule has 3 nitrogen and oxygen atoms in total. The van der Waals surface area contributed by atoms with Crippen molar-refractivity contribution in [1.82, 2.24) is 0 Å². The molecule has 0 saturated heterocycles. The molecular weight excluding hydrogens is 373 g/mol. The summed E-state index contributed by atoms with van der Waals surface area (Å²) in [6, 6.07) is 17.2. The van der Waals surface area contributed by atoms with E-state index in [1.54, 1.807) is 19.1 Å². The fourth-order valence-electron chi connectivity index (χ4n) is 1.94. The lowest BCUT2D eigenvalue weighted by atomic mass is 9.96. The van der Waals surface area contributed by atoms with Crippen LogP contribution in [0.5, 0.6) is 0 Å². The number of rotatable bonds is 5. The van der Waals surface area contributed by atoms with Crippen molar-refractivity contribution in [3.8, 4) is 0 Å². The van der Waals surface area contributed by atoms with Crippen molar-refractivity contribution >= 4 is 34.2 Å². The Kier molecular flexibility index (Phi) is 5.36. The minimum atomic E-state index is -1.39. The molecule has 0 aromatic heterocycles. The first-order valence-corrected chi connectivity index (χ1v) is 7.88. The molecule has 0 aliphatic carbocycles. The van der Waals surface area contributed by atoms with E-state index in [0.29, 0.717) is 18.5 Å². The zero-order chi connectivity index (χ0) is 15.3. The Morgan fingerprint density at radius 3 is 2.38 bits per heavy atom. The number of para-hydroxylation sites is 1. The van der Waals surface area contributed by atoms with E-state index in [1.807, 2.05) is 42.5 Å². The first-order valence-electron chi connectivity index (χ1n) is 6.81. The molecule has 110 valence electrons. The molecule has 0 aliphatic heterocycles. The lowest BCUT2D eigenvalue weighted by Gasteiger charge is -2.22. The minimum absolute atomic E-state index is 0.376. The molecule has 0 radical (unpaired) electrons. The highest BCUT2D eigenvalue weighted by Gasteiger charge is 2.29. The summed E-state index contributed by atoms with van der Waals surface area (Å²) >= 11 is 2.25. The lowest BCUT2D eigenvalue weighted by Crippen LogP contribution is -2.40. The predicted molar refractivity (Wildman–Crippen MR) is 93.2 cm³/mol. The second-order valence-electron chi connectivity index (χ2n) is 5.22. The normalized spacial score (nSPS) is 13.5. The SMILES string of the molecule is C[C@](O)(CCc1ccc([123I])cc1)C(=O)Nc1ccccc1. The second kappa shape index (κ2) is 7.04. The summed E-state index contributed by atoms with van der Waals surface area (Å²) < 4.78 is 1.17. The van der Waals surface area contributed by atoms with Crippen LogP contribution in [-0.4, -0.2) is 16.6 Å². The van der Waals surface area contributed by atoms with Gasteiger partial charge in [0, 0.05) is 9.26 Å². The van der Waals surface area contributed by atoms with Crippen molar-refractivity contribution < 1.29 is 9.90 Å². The van der Waals surface area contributed by atoms with Gasteiger partial charge in [0.15, 0.2) is 0 Å². The number of benzene rings is 2. The number of anilines is 1. The van der Waals surface area contributed by atoms with Crippen molar-refractivity contribution in [2.24, 2.45) is 0 Å². The Hall–Kier alpha value is -1.40. The molecule has 0 spiro atoms.